The van der Waals surface area contributed by atoms with Crippen LogP contribution in [0.2, 0.25) is 0 Å². The minimum atomic E-state index is -0.613. The van der Waals surface area contributed by atoms with Crippen LogP contribution in [0.15, 0.2) is 16.9 Å². The second kappa shape index (κ2) is 7.43. The second-order valence-electron chi connectivity index (χ2n) is 7.09. The molecule has 0 unspecified atom stereocenters. The van der Waals surface area contributed by atoms with Gasteiger partial charge < -0.3 is 4.90 Å². The Bertz CT molecular complexity index is 859. The summed E-state index contributed by atoms with van der Waals surface area (Å²) in [5.41, 5.74) is 3.16. The van der Waals surface area contributed by atoms with E-state index in [0.717, 1.165) is 55.7 Å². The lowest BCUT2D eigenvalue weighted by Crippen LogP contribution is -2.40. The van der Waals surface area contributed by atoms with Crippen molar-refractivity contribution in [2.45, 2.75) is 52.5 Å². The molecule has 0 saturated carbocycles. The van der Waals surface area contributed by atoms with Crippen molar-refractivity contribution in [3.05, 3.63) is 33.9 Å². The van der Waals surface area contributed by atoms with E-state index in [1.807, 2.05) is 25.8 Å². The smallest absolute Gasteiger partial charge is 0.267 e. The zero-order valence-corrected chi connectivity index (χ0v) is 16.0. The molecule has 1 aliphatic heterocycles. The lowest BCUT2D eigenvalue weighted by Gasteiger charge is -2.24. The Morgan fingerprint density at radius 2 is 1.73 bits per heavy atom. The van der Waals surface area contributed by atoms with Crippen molar-refractivity contribution in [1.82, 2.24) is 24.5 Å². The molecule has 3 heterocycles. The maximum atomic E-state index is 12.9. The van der Waals surface area contributed by atoms with E-state index in [4.69, 9.17) is 0 Å². The number of aryl methyl sites for hydroxylation is 2. The highest BCUT2D eigenvalue weighted by atomic mass is 16.2. The summed E-state index contributed by atoms with van der Waals surface area (Å²) >= 11 is 0. The predicted molar refractivity (Wildman–Crippen MR) is 99.9 cm³/mol. The van der Waals surface area contributed by atoms with Crippen LogP contribution in [0.25, 0.3) is 11.3 Å². The van der Waals surface area contributed by atoms with Crippen molar-refractivity contribution in [3.63, 3.8) is 0 Å². The molecule has 1 fully saturated rings. The number of likely N-dealkylation sites (tertiary alicyclic amines) is 1. The van der Waals surface area contributed by atoms with Crippen LogP contribution in [0.4, 0.5) is 0 Å². The molecule has 0 N–H and O–H groups in total. The molecule has 26 heavy (non-hydrogen) atoms. The predicted octanol–water partition coefficient (Wildman–Crippen LogP) is 2.22. The largest absolute Gasteiger partial charge is 0.341 e. The van der Waals surface area contributed by atoms with Gasteiger partial charge in [0.15, 0.2) is 0 Å². The van der Waals surface area contributed by atoms with Gasteiger partial charge in [0.05, 0.1) is 11.4 Å². The van der Waals surface area contributed by atoms with Crippen LogP contribution in [0.5, 0.6) is 0 Å². The Labute approximate surface area is 153 Å². The Morgan fingerprint density at radius 1 is 1.08 bits per heavy atom. The molecular formula is C19H27N5O2. The number of carbonyl (C=O) groups is 1. The average Bonchev–Trinajstić information content (AvgIpc) is 2.82. The van der Waals surface area contributed by atoms with E-state index >= 15 is 0 Å². The fourth-order valence-electron chi connectivity index (χ4n) is 3.64. The number of rotatable bonds is 3. The molecular weight excluding hydrogens is 330 g/mol. The molecule has 2 aromatic heterocycles. The Morgan fingerprint density at radius 3 is 2.31 bits per heavy atom. The van der Waals surface area contributed by atoms with Gasteiger partial charge in [0.25, 0.3) is 5.56 Å². The van der Waals surface area contributed by atoms with E-state index in [1.165, 1.54) is 10.7 Å². The van der Waals surface area contributed by atoms with E-state index in [1.54, 1.807) is 17.7 Å². The van der Waals surface area contributed by atoms with Crippen molar-refractivity contribution in [2.24, 2.45) is 7.05 Å². The second-order valence-corrected chi connectivity index (χ2v) is 7.09. The van der Waals surface area contributed by atoms with Crippen LogP contribution in [-0.2, 0) is 11.8 Å². The molecule has 0 spiro atoms. The average molecular weight is 357 g/mol. The van der Waals surface area contributed by atoms with Crippen molar-refractivity contribution in [2.75, 3.05) is 13.1 Å². The number of carbonyl (C=O) groups excluding carboxylic acids is 1. The van der Waals surface area contributed by atoms with E-state index in [0.29, 0.717) is 5.69 Å². The van der Waals surface area contributed by atoms with E-state index < -0.39 is 6.04 Å². The van der Waals surface area contributed by atoms with E-state index in [-0.39, 0.29) is 11.5 Å². The highest BCUT2D eigenvalue weighted by molar-refractivity contribution is 5.80. The standard InChI is InChI=1S/C19H27N5O2/c1-13-18(14(2)22(4)20-13)16-9-10-17(25)24(21-16)15(3)19(26)23-11-7-5-6-8-12-23/h9-10,15H,5-8,11-12H2,1-4H3/t15-/m1/s1. The van der Waals surface area contributed by atoms with Gasteiger partial charge in [-0.15, -0.1) is 0 Å². The summed E-state index contributed by atoms with van der Waals surface area (Å²) in [5, 5.41) is 8.94. The molecule has 3 rings (SSSR count). The fourth-order valence-corrected chi connectivity index (χ4v) is 3.64. The van der Waals surface area contributed by atoms with Gasteiger partial charge >= 0.3 is 0 Å². The van der Waals surface area contributed by atoms with Crippen LogP contribution >= 0.6 is 0 Å². The molecule has 1 aliphatic rings. The van der Waals surface area contributed by atoms with Gasteiger partial charge in [-0.25, -0.2) is 4.68 Å². The molecule has 1 atom stereocenters. The monoisotopic (exact) mass is 357 g/mol. The lowest BCUT2D eigenvalue weighted by molar-refractivity contribution is -0.134. The summed E-state index contributed by atoms with van der Waals surface area (Å²) in [7, 11) is 1.88. The zero-order valence-electron chi connectivity index (χ0n) is 16.0. The first kappa shape index (κ1) is 18.4. The minimum Gasteiger partial charge on any atom is -0.341 e. The molecule has 2 aromatic rings. The summed E-state index contributed by atoms with van der Waals surface area (Å²) in [6, 6.07) is 2.58. The SMILES string of the molecule is Cc1nn(C)c(C)c1-c1ccc(=O)n([C@H](C)C(=O)N2CCCCCC2)n1. The number of nitrogens with zero attached hydrogens (tertiary/aromatic N) is 5. The number of aromatic nitrogens is 4. The molecule has 140 valence electrons. The highest BCUT2D eigenvalue weighted by Gasteiger charge is 2.25. The third kappa shape index (κ3) is 3.43. The Balaban J connectivity index is 1.94. The summed E-state index contributed by atoms with van der Waals surface area (Å²) < 4.78 is 3.11. The molecule has 7 heteroatoms. The van der Waals surface area contributed by atoms with E-state index in [9.17, 15) is 9.59 Å². The maximum Gasteiger partial charge on any atom is 0.267 e. The van der Waals surface area contributed by atoms with Crippen molar-refractivity contribution in [1.29, 1.82) is 0 Å². The van der Waals surface area contributed by atoms with Gasteiger partial charge in [-0.3, -0.25) is 14.3 Å². The third-order valence-corrected chi connectivity index (χ3v) is 5.23. The first-order valence-corrected chi connectivity index (χ1v) is 9.29. The molecule has 0 radical (unpaired) electrons. The zero-order chi connectivity index (χ0) is 18.8. The molecule has 0 bridgehead atoms. The Kier molecular flexibility index (Phi) is 5.25. The normalized spacial score (nSPS) is 16.4. The topological polar surface area (TPSA) is 73.0 Å². The van der Waals surface area contributed by atoms with Gasteiger partial charge in [-0.05, 0) is 39.7 Å². The van der Waals surface area contributed by atoms with Gasteiger partial charge in [0.1, 0.15) is 6.04 Å². The van der Waals surface area contributed by atoms with Crippen LogP contribution in [0, 0.1) is 13.8 Å². The maximum absolute atomic E-state index is 12.9. The van der Waals surface area contributed by atoms with Crippen molar-refractivity contribution < 1.29 is 4.79 Å². The number of hydrogen-bond donors (Lipinski definition) is 0. The quantitative estimate of drug-likeness (QED) is 0.844. The minimum absolute atomic E-state index is 0.0294. The van der Waals surface area contributed by atoms with Gasteiger partial charge in [-0.1, -0.05) is 12.8 Å². The molecule has 1 saturated heterocycles. The summed E-state index contributed by atoms with van der Waals surface area (Å²) in [6.07, 6.45) is 4.36. The van der Waals surface area contributed by atoms with E-state index in [2.05, 4.69) is 10.2 Å². The first-order chi connectivity index (χ1) is 12.4. The number of amides is 1. The molecule has 1 amide bonds. The van der Waals surface area contributed by atoms with Gasteiger partial charge in [0.2, 0.25) is 5.91 Å². The van der Waals surface area contributed by atoms with Crippen molar-refractivity contribution >= 4 is 5.91 Å². The summed E-state index contributed by atoms with van der Waals surface area (Å²) in [5.74, 6) is -0.0294. The lowest BCUT2D eigenvalue weighted by atomic mass is 10.1. The first-order valence-electron chi connectivity index (χ1n) is 9.29. The van der Waals surface area contributed by atoms with Gasteiger partial charge in [0, 0.05) is 37.5 Å². The van der Waals surface area contributed by atoms with Crippen LogP contribution in [-0.4, -0.2) is 43.5 Å². The third-order valence-electron chi connectivity index (χ3n) is 5.23. The Hall–Kier alpha value is -2.44. The van der Waals surface area contributed by atoms with Gasteiger partial charge in [-0.2, -0.15) is 10.2 Å². The highest BCUT2D eigenvalue weighted by Crippen LogP contribution is 2.24. The molecule has 0 aromatic carbocycles. The van der Waals surface area contributed by atoms with Crippen molar-refractivity contribution in [3.8, 4) is 11.3 Å². The molecule has 7 nitrogen and oxygen atoms in total. The fraction of sp³-hybridized carbons (Fsp3) is 0.579. The number of hydrogen-bond acceptors (Lipinski definition) is 4. The van der Waals surface area contributed by atoms with Crippen LogP contribution in [0.3, 0.4) is 0 Å². The summed E-state index contributed by atoms with van der Waals surface area (Å²) in [6.45, 7) is 7.18. The molecule has 0 aliphatic carbocycles. The van der Waals surface area contributed by atoms with Crippen LogP contribution in [0.1, 0.15) is 50.0 Å². The van der Waals surface area contributed by atoms with Crippen LogP contribution < -0.4 is 5.56 Å². The summed E-state index contributed by atoms with van der Waals surface area (Å²) in [4.78, 5) is 27.2.